The topological polar surface area (TPSA) is 106 Å². The molecule has 9 nitrogen and oxygen atoms in total. The number of ether oxygens (including phenoxy) is 1. The van der Waals surface area contributed by atoms with Gasteiger partial charge in [-0.25, -0.2) is 8.42 Å². The Labute approximate surface area is 174 Å². The van der Waals surface area contributed by atoms with E-state index in [4.69, 9.17) is 9.26 Å². The van der Waals surface area contributed by atoms with Crippen LogP contribution in [0.15, 0.2) is 59.1 Å². The summed E-state index contributed by atoms with van der Waals surface area (Å²) in [5.74, 6) is 0.924. The molecule has 10 heteroatoms. The van der Waals surface area contributed by atoms with E-state index in [9.17, 15) is 13.2 Å². The Morgan fingerprint density at radius 2 is 1.77 bits per heavy atom. The van der Waals surface area contributed by atoms with E-state index < -0.39 is 15.9 Å². The van der Waals surface area contributed by atoms with Gasteiger partial charge in [-0.2, -0.15) is 4.98 Å². The maximum atomic E-state index is 12.6. The average Bonchev–Trinajstić information content (AvgIpc) is 3.20. The van der Waals surface area contributed by atoms with Crippen molar-refractivity contribution in [2.45, 2.75) is 6.54 Å². The third kappa shape index (κ3) is 5.15. The predicted octanol–water partition coefficient (Wildman–Crippen LogP) is 2.17. The molecule has 1 amide bonds. The lowest BCUT2D eigenvalue weighted by Gasteiger charge is -2.24. The van der Waals surface area contributed by atoms with Gasteiger partial charge in [0.05, 0.1) is 25.6 Å². The summed E-state index contributed by atoms with van der Waals surface area (Å²) in [6.45, 7) is -0.285. The van der Waals surface area contributed by atoms with Crippen LogP contribution < -0.4 is 9.04 Å². The molecule has 1 aromatic heterocycles. The Morgan fingerprint density at radius 1 is 1.10 bits per heavy atom. The summed E-state index contributed by atoms with van der Waals surface area (Å²) in [5.41, 5.74) is 1.16. The number of hydrogen-bond acceptors (Lipinski definition) is 7. The first-order chi connectivity index (χ1) is 14.3. The smallest absolute Gasteiger partial charge is 0.246 e. The Hall–Kier alpha value is -3.40. The number of aromatic nitrogens is 2. The van der Waals surface area contributed by atoms with E-state index in [0.717, 1.165) is 16.1 Å². The quantitative estimate of drug-likeness (QED) is 0.539. The largest absolute Gasteiger partial charge is 0.497 e. The van der Waals surface area contributed by atoms with Crippen LogP contribution >= 0.6 is 0 Å². The lowest BCUT2D eigenvalue weighted by molar-refractivity contribution is -0.129. The highest BCUT2D eigenvalue weighted by molar-refractivity contribution is 7.92. The third-order valence-electron chi connectivity index (χ3n) is 4.34. The van der Waals surface area contributed by atoms with Crippen LogP contribution in [0.25, 0.3) is 11.4 Å². The van der Waals surface area contributed by atoms with Crippen LogP contribution in [0.4, 0.5) is 5.69 Å². The maximum Gasteiger partial charge on any atom is 0.246 e. The molecule has 0 atom stereocenters. The molecular weight excluding hydrogens is 408 g/mol. The Balaban J connectivity index is 1.68. The lowest BCUT2D eigenvalue weighted by atomic mass is 10.2. The number of para-hydroxylation sites is 1. The molecule has 1 heterocycles. The number of hydrogen-bond donors (Lipinski definition) is 0. The lowest BCUT2D eigenvalue weighted by Crippen LogP contribution is -2.41. The highest BCUT2D eigenvalue weighted by Gasteiger charge is 2.23. The van der Waals surface area contributed by atoms with Gasteiger partial charge in [-0.05, 0) is 36.4 Å². The fourth-order valence-electron chi connectivity index (χ4n) is 2.71. The van der Waals surface area contributed by atoms with E-state index >= 15 is 0 Å². The first-order valence-electron chi connectivity index (χ1n) is 9.01. The summed E-state index contributed by atoms with van der Waals surface area (Å²) in [7, 11) is -0.506. The molecule has 0 aliphatic rings. The van der Waals surface area contributed by atoms with Crippen molar-refractivity contribution in [3.05, 3.63) is 60.5 Å². The SMILES string of the molecule is COc1ccc(-c2noc(CN(C)C(=O)CN(c3ccccc3)S(C)(=O)=O)n2)cc1. The molecule has 0 fully saturated rings. The van der Waals surface area contributed by atoms with Gasteiger partial charge < -0.3 is 14.2 Å². The van der Waals surface area contributed by atoms with Gasteiger partial charge in [-0.15, -0.1) is 0 Å². The van der Waals surface area contributed by atoms with Gasteiger partial charge in [0, 0.05) is 12.6 Å². The predicted molar refractivity (Wildman–Crippen MR) is 111 cm³/mol. The van der Waals surface area contributed by atoms with Gasteiger partial charge in [0.15, 0.2) is 0 Å². The summed E-state index contributed by atoms with van der Waals surface area (Å²) in [6, 6.07) is 15.6. The molecular formula is C20H22N4O5S. The number of anilines is 1. The van der Waals surface area contributed by atoms with Gasteiger partial charge in [0.25, 0.3) is 0 Å². The fraction of sp³-hybridized carbons (Fsp3) is 0.250. The van der Waals surface area contributed by atoms with Crippen molar-refractivity contribution in [1.29, 1.82) is 0 Å². The van der Waals surface area contributed by atoms with E-state index in [1.807, 2.05) is 0 Å². The van der Waals surface area contributed by atoms with Crippen molar-refractivity contribution in [2.24, 2.45) is 0 Å². The zero-order valence-corrected chi connectivity index (χ0v) is 17.7. The average molecular weight is 430 g/mol. The molecule has 30 heavy (non-hydrogen) atoms. The van der Waals surface area contributed by atoms with Crippen molar-refractivity contribution in [1.82, 2.24) is 15.0 Å². The van der Waals surface area contributed by atoms with E-state index in [0.29, 0.717) is 17.3 Å². The molecule has 0 aliphatic carbocycles. The standard InChI is InChI=1S/C20H22N4O5S/c1-23(19(25)14-24(30(3,26)27)16-7-5-4-6-8-16)13-18-21-20(22-29-18)15-9-11-17(28-2)12-10-15/h4-12H,13-14H2,1-3H3. The zero-order valence-electron chi connectivity index (χ0n) is 16.8. The molecule has 3 aromatic rings. The zero-order chi connectivity index (χ0) is 21.7. The van der Waals surface area contributed by atoms with Crippen LogP contribution in [-0.4, -0.2) is 56.3 Å². The summed E-state index contributed by atoms with van der Waals surface area (Å²) < 4.78 is 35.7. The number of carbonyl (C=O) groups is 1. The monoisotopic (exact) mass is 430 g/mol. The van der Waals surface area contributed by atoms with Gasteiger partial charge in [0.2, 0.25) is 27.6 Å². The van der Waals surface area contributed by atoms with Crippen LogP contribution in [-0.2, 0) is 21.4 Å². The van der Waals surface area contributed by atoms with Crippen LogP contribution in [0.3, 0.4) is 0 Å². The summed E-state index contributed by atoms with van der Waals surface area (Å²) in [5, 5.41) is 3.93. The maximum absolute atomic E-state index is 12.6. The molecule has 3 rings (SSSR count). The Kier molecular flexibility index (Phi) is 6.36. The first-order valence-corrected chi connectivity index (χ1v) is 10.9. The minimum atomic E-state index is -3.63. The van der Waals surface area contributed by atoms with Gasteiger partial charge in [-0.3, -0.25) is 9.10 Å². The second-order valence-corrected chi connectivity index (χ2v) is 8.50. The highest BCUT2D eigenvalue weighted by atomic mass is 32.2. The van der Waals surface area contributed by atoms with Crippen molar-refractivity contribution in [2.75, 3.05) is 31.3 Å². The van der Waals surface area contributed by atoms with E-state index in [2.05, 4.69) is 10.1 Å². The van der Waals surface area contributed by atoms with Crippen LogP contribution in [0, 0.1) is 0 Å². The Bertz CT molecular complexity index is 1100. The van der Waals surface area contributed by atoms with Crippen LogP contribution in [0.5, 0.6) is 5.75 Å². The molecule has 0 unspecified atom stereocenters. The molecule has 0 aliphatic heterocycles. The van der Waals surface area contributed by atoms with Gasteiger partial charge in [0.1, 0.15) is 12.3 Å². The van der Waals surface area contributed by atoms with Crippen LogP contribution in [0.2, 0.25) is 0 Å². The van der Waals surface area contributed by atoms with E-state index in [1.165, 1.54) is 4.90 Å². The molecule has 0 saturated heterocycles. The fourth-order valence-corrected chi connectivity index (χ4v) is 3.55. The summed E-state index contributed by atoms with van der Waals surface area (Å²) >= 11 is 0. The van der Waals surface area contributed by atoms with Crippen molar-refractivity contribution >= 4 is 21.6 Å². The number of methoxy groups -OCH3 is 1. The molecule has 0 radical (unpaired) electrons. The summed E-state index contributed by atoms with van der Waals surface area (Å²) in [4.78, 5) is 18.3. The molecule has 2 aromatic carbocycles. The minimum absolute atomic E-state index is 0.0500. The van der Waals surface area contributed by atoms with Crippen molar-refractivity contribution < 1.29 is 22.5 Å². The number of benzene rings is 2. The molecule has 0 spiro atoms. The first kappa shape index (κ1) is 21.3. The normalized spacial score (nSPS) is 11.2. The molecule has 158 valence electrons. The van der Waals surface area contributed by atoms with E-state index in [-0.39, 0.29) is 19.0 Å². The van der Waals surface area contributed by atoms with Gasteiger partial charge >= 0.3 is 0 Å². The number of carbonyl (C=O) groups excluding carboxylic acids is 1. The molecule has 0 N–H and O–H groups in total. The number of amides is 1. The second-order valence-electron chi connectivity index (χ2n) is 6.60. The molecule has 0 saturated carbocycles. The van der Waals surface area contributed by atoms with E-state index in [1.54, 1.807) is 68.8 Å². The minimum Gasteiger partial charge on any atom is -0.497 e. The van der Waals surface area contributed by atoms with Crippen LogP contribution in [0.1, 0.15) is 5.89 Å². The molecule has 0 bridgehead atoms. The van der Waals surface area contributed by atoms with Crippen molar-refractivity contribution in [3.63, 3.8) is 0 Å². The number of sulfonamides is 1. The van der Waals surface area contributed by atoms with Crippen molar-refractivity contribution in [3.8, 4) is 17.1 Å². The number of likely N-dealkylation sites (N-methyl/N-ethyl adjacent to an activating group) is 1. The number of nitrogens with zero attached hydrogens (tertiary/aromatic N) is 4. The highest BCUT2D eigenvalue weighted by Crippen LogP contribution is 2.20. The second kappa shape index (κ2) is 8.95. The third-order valence-corrected chi connectivity index (χ3v) is 5.48. The summed E-state index contributed by atoms with van der Waals surface area (Å²) in [6.07, 6.45) is 1.06. The Morgan fingerprint density at radius 3 is 2.37 bits per heavy atom. The van der Waals surface area contributed by atoms with Gasteiger partial charge in [-0.1, -0.05) is 23.4 Å². The number of rotatable bonds is 8.